The number of nitrogens with zero attached hydrogens (tertiary/aromatic N) is 1. The summed E-state index contributed by atoms with van der Waals surface area (Å²) in [6, 6.07) is 0. The van der Waals surface area contributed by atoms with E-state index in [1.807, 2.05) is 20.8 Å². The molecule has 0 aromatic heterocycles. The number of carbonyl (C=O) groups excluding carboxylic acids is 1. The predicted molar refractivity (Wildman–Crippen MR) is 61.3 cm³/mol. The first-order chi connectivity index (χ1) is 7.40. The molecule has 1 aliphatic rings. The lowest BCUT2D eigenvalue weighted by Gasteiger charge is -2.28. The summed E-state index contributed by atoms with van der Waals surface area (Å²) >= 11 is 0. The highest BCUT2D eigenvalue weighted by Crippen LogP contribution is 2.23. The molecule has 5 nitrogen and oxygen atoms in total. The van der Waals surface area contributed by atoms with E-state index in [2.05, 4.69) is 10.5 Å². The van der Waals surface area contributed by atoms with Crippen LogP contribution in [0.15, 0.2) is 5.10 Å². The molecule has 0 bridgehead atoms. The second-order valence-electron chi connectivity index (χ2n) is 4.87. The van der Waals surface area contributed by atoms with Gasteiger partial charge in [0.2, 0.25) is 0 Å². The van der Waals surface area contributed by atoms with E-state index in [9.17, 15) is 4.79 Å². The van der Waals surface area contributed by atoms with Crippen LogP contribution in [0, 0.1) is 5.41 Å². The zero-order chi connectivity index (χ0) is 12.2. The summed E-state index contributed by atoms with van der Waals surface area (Å²) in [5.41, 5.74) is 1.72. The van der Waals surface area contributed by atoms with Crippen molar-refractivity contribution in [3.63, 3.8) is 0 Å². The molecule has 5 heteroatoms. The van der Waals surface area contributed by atoms with Crippen LogP contribution < -0.4 is 5.43 Å². The van der Waals surface area contributed by atoms with Gasteiger partial charge in [0.05, 0.1) is 25.4 Å². The molecule has 0 aromatic carbocycles. The van der Waals surface area contributed by atoms with Crippen LogP contribution in [0.25, 0.3) is 0 Å². The first kappa shape index (κ1) is 13.0. The average molecular weight is 228 g/mol. The van der Waals surface area contributed by atoms with E-state index in [4.69, 9.17) is 9.47 Å². The SMILES string of the molecule is CCOC(=O)C1(COC(C)(C)C)C=NNC1. The monoisotopic (exact) mass is 228 g/mol. The van der Waals surface area contributed by atoms with Crippen molar-refractivity contribution in [2.24, 2.45) is 10.5 Å². The summed E-state index contributed by atoms with van der Waals surface area (Å²) in [6.45, 7) is 8.72. The number of hydrogen-bond donors (Lipinski definition) is 1. The Morgan fingerprint density at radius 1 is 1.56 bits per heavy atom. The number of hydrazone groups is 1. The van der Waals surface area contributed by atoms with E-state index in [0.717, 1.165) is 0 Å². The Balaban J connectivity index is 2.67. The molecule has 0 radical (unpaired) electrons. The van der Waals surface area contributed by atoms with Gasteiger partial charge in [-0.05, 0) is 27.7 Å². The maximum atomic E-state index is 11.9. The van der Waals surface area contributed by atoms with Gasteiger partial charge in [0.1, 0.15) is 5.41 Å². The Labute approximate surface area is 96.2 Å². The predicted octanol–water partition coefficient (Wildman–Crippen LogP) is 0.940. The smallest absolute Gasteiger partial charge is 0.321 e. The van der Waals surface area contributed by atoms with Crippen LogP contribution in [-0.2, 0) is 14.3 Å². The van der Waals surface area contributed by atoms with E-state index >= 15 is 0 Å². The molecule has 0 saturated heterocycles. The topological polar surface area (TPSA) is 59.9 Å². The van der Waals surface area contributed by atoms with Gasteiger partial charge in [-0.15, -0.1) is 0 Å². The van der Waals surface area contributed by atoms with Gasteiger partial charge in [0, 0.05) is 6.21 Å². The van der Waals surface area contributed by atoms with Crippen molar-refractivity contribution < 1.29 is 14.3 Å². The molecule has 0 saturated carbocycles. The van der Waals surface area contributed by atoms with E-state index in [0.29, 0.717) is 13.2 Å². The third kappa shape index (κ3) is 3.20. The van der Waals surface area contributed by atoms with Crippen molar-refractivity contribution >= 4 is 12.2 Å². The fourth-order valence-electron chi connectivity index (χ4n) is 1.29. The molecule has 0 aromatic rings. The molecule has 0 aliphatic carbocycles. The second kappa shape index (κ2) is 4.82. The van der Waals surface area contributed by atoms with Crippen molar-refractivity contribution in [3.05, 3.63) is 0 Å². The van der Waals surface area contributed by atoms with Gasteiger partial charge in [-0.1, -0.05) is 0 Å². The Kier molecular flexibility index (Phi) is 3.91. The lowest BCUT2D eigenvalue weighted by Crippen LogP contribution is -2.44. The molecule has 16 heavy (non-hydrogen) atoms. The third-order valence-electron chi connectivity index (χ3n) is 2.24. The van der Waals surface area contributed by atoms with Gasteiger partial charge in [-0.2, -0.15) is 5.10 Å². The maximum absolute atomic E-state index is 11.9. The van der Waals surface area contributed by atoms with Crippen LogP contribution >= 0.6 is 0 Å². The number of esters is 1. The number of carbonyl (C=O) groups is 1. The van der Waals surface area contributed by atoms with E-state index in [1.54, 1.807) is 13.1 Å². The first-order valence-electron chi connectivity index (χ1n) is 5.48. The van der Waals surface area contributed by atoms with E-state index < -0.39 is 5.41 Å². The van der Waals surface area contributed by atoms with Gasteiger partial charge in [-0.25, -0.2) is 0 Å². The van der Waals surface area contributed by atoms with Gasteiger partial charge in [0.25, 0.3) is 0 Å². The second-order valence-corrected chi connectivity index (χ2v) is 4.87. The van der Waals surface area contributed by atoms with Gasteiger partial charge in [0.15, 0.2) is 0 Å². The Morgan fingerprint density at radius 2 is 2.25 bits per heavy atom. The van der Waals surface area contributed by atoms with Crippen LogP contribution in [0.4, 0.5) is 0 Å². The summed E-state index contributed by atoms with van der Waals surface area (Å²) in [5.74, 6) is -0.284. The molecule has 1 unspecified atom stereocenters. The highest BCUT2D eigenvalue weighted by molar-refractivity contribution is 5.96. The summed E-state index contributed by atoms with van der Waals surface area (Å²) in [7, 11) is 0. The fourth-order valence-corrected chi connectivity index (χ4v) is 1.29. The highest BCUT2D eigenvalue weighted by atomic mass is 16.5. The first-order valence-corrected chi connectivity index (χ1v) is 5.48. The Hall–Kier alpha value is -1.10. The molecule has 1 heterocycles. The minimum atomic E-state index is -0.775. The molecule has 0 amide bonds. The summed E-state index contributed by atoms with van der Waals surface area (Å²) in [4.78, 5) is 11.9. The number of hydrogen-bond acceptors (Lipinski definition) is 5. The van der Waals surface area contributed by atoms with E-state index in [-0.39, 0.29) is 18.2 Å². The number of ether oxygens (including phenoxy) is 2. The van der Waals surface area contributed by atoms with E-state index in [1.165, 1.54) is 0 Å². The van der Waals surface area contributed by atoms with Crippen LogP contribution in [-0.4, -0.2) is 37.5 Å². The standard InChI is InChI=1S/C11H20N2O3/c1-5-15-9(14)11(6-12-13-7-11)8-16-10(2,3)4/h6,13H,5,7-8H2,1-4H3. The molecule has 92 valence electrons. The van der Waals surface area contributed by atoms with Crippen molar-refractivity contribution in [2.75, 3.05) is 19.8 Å². The molecule has 1 aliphatic heterocycles. The normalized spacial score (nSPS) is 24.2. The van der Waals surface area contributed by atoms with Gasteiger partial charge < -0.3 is 14.9 Å². The molecule has 1 N–H and O–H groups in total. The van der Waals surface area contributed by atoms with Crippen LogP contribution in [0.2, 0.25) is 0 Å². The lowest BCUT2D eigenvalue weighted by atomic mass is 9.91. The maximum Gasteiger partial charge on any atom is 0.321 e. The highest BCUT2D eigenvalue weighted by Gasteiger charge is 2.42. The molecular formula is C11H20N2O3. The summed E-state index contributed by atoms with van der Waals surface area (Å²) in [5, 5.41) is 3.89. The minimum absolute atomic E-state index is 0.282. The van der Waals surface area contributed by atoms with Crippen molar-refractivity contribution in [1.29, 1.82) is 0 Å². The van der Waals surface area contributed by atoms with Gasteiger partial charge in [-0.3, -0.25) is 4.79 Å². The van der Waals surface area contributed by atoms with Crippen molar-refractivity contribution in [1.82, 2.24) is 5.43 Å². The molecule has 1 rings (SSSR count). The lowest BCUT2D eigenvalue weighted by molar-refractivity contribution is -0.155. The Bertz CT molecular complexity index is 283. The minimum Gasteiger partial charge on any atom is -0.465 e. The number of nitrogens with one attached hydrogen (secondary N) is 1. The quantitative estimate of drug-likeness (QED) is 0.727. The van der Waals surface area contributed by atoms with Crippen molar-refractivity contribution in [3.8, 4) is 0 Å². The molecular weight excluding hydrogens is 208 g/mol. The zero-order valence-electron chi connectivity index (χ0n) is 10.4. The third-order valence-corrected chi connectivity index (χ3v) is 2.24. The molecule has 1 atom stereocenters. The Morgan fingerprint density at radius 3 is 2.69 bits per heavy atom. The van der Waals surface area contributed by atoms with Gasteiger partial charge >= 0.3 is 5.97 Å². The fraction of sp³-hybridized carbons (Fsp3) is 0.818. The van der Waals surface area contributed by atoms with Crippen LogP contribution in [0.5, 0.6) is 0 Å². The van der Waals surface area contributed by atoms with Crippen LogP contribution in [0.1, 0.15) is 27.7 Å². The zero-order valence-corrected chi connectivity index (χ0v) is 10.4. The summed E-state index contributed by atoms with van der Waals surface area (Å²) in [6.07, 6.45) is 1.58. The number of rotatable bonds is 4. The van der Waals surface area contributed by atoms with Crippen LogP contribution in [0.3, 0.4) is 0 Å². The summed E-state index contributed by atoms with van der Waals surface area (Å²) < 4.78 is 10.7. The van der Waals surface area contributed by atoms with Crippen molar-refractivity contribution in [2.45, 2.75) is 33.3 Å². The molecule has 0 spiro atoms. The largest absolute Gasteiger partial charge is 0.465 e. The molecule has 0 fully saturated rings. The average Bonchev–Trinajstić information content (AvgIpc) is 2.64.